The summed E-state index contributed by atoms with van der Waals surface area (Å²) < 4.78 is 5.45. The van der Waals surface area contributed by atoms with Gasteiger partial charge in [0.1, 0.15) is 6.61 Å². The number of ether oxygens (including phenoxy) is 1. The van der Waals surface area contributed by atoms with Gasteiger partial charge in [0.15, 0.2) is 0 Å². The minimum atomic E-state index is -0.901. The number of amides is 1. The van der Waals surface area contributed by atoms with Gasteiger partial charge in [-0.25, -0.2) is 4.79 Å². The van der Waals surface area contributed by atoms with E-state index in [-0.39, 0.29) is 18.7 Å². The summed E-state index contributed by atoms with van der Waals surface area (Å²) in [6.45, 7) is 2.56. The Kier molecular flexibility index (Phi) is 4.86. The van der Waals surface area contributed by atoms with Crippen molar-refractivity contribution in [3.63, 3.8) is 0 Å². The van der Waals surface area contributed by atoms with E-state index in [4.69, 9.17) is 4.74 Å². The summed E-state index contributed by atoms with van der Waals surface area (Å²) in [7, 11) is 0. The van der Waals surface area contributed by atoms with Crippen molar-refractivity contribution in [3.8, 4) is 0 Å². The summed E-state index contributed by atoms with van der Waals surface area (Å²) in [4.78, 5) is 14.2. The minimum absolute atomic E-state index is 0.246. The van der Waals surface area contributed by atoms with Crippen LogP contribution in [0.2, 0.25) is 0 Å². The normalized spacial score (nSPS) is 23.2. The molecule has 0 unspecified atom stereocenters. The van der Waals surface area contributed by atoms with Gasteiger partial charge < -0.3 is 14.7 Å². The number of benzene rings is 2. The van der Waals surface area contributed by atoms with E-state index >= 15 is 0 Å². The number of rotatable bonds is 4. The topological polar surface area (TPSA) is 49.8 Å². The molecule has 0 radical (unpaired) electrons. The number of aliphatic hydroxyl groups is 1. The second-order valence-corrected chi connectivity index (χ2v) is 6.55. The molecule has 0 aliphatic carbocycles. The molecule has 4 nitrogen and oxygen atoms in total. The van der Waals surface area contributed by atoms with Crippen molar-refractivity contribution in [1.82, 2.24) is 4.90 Å². The number of nitrogens with zero attached hydrogens (tertiary/aromatic N) is 1. The van der Waals surface area contributed by atoms with Crippen LogP contribution in [-0.2, 0) is 17.8 Å². The van der Waals surface area contributed by atoms with Gasteiger partial charge in [0, 0.05) is 6.54 Å². The molecule has 0 aromatic heterocycles. The molecule has 1 amide bonds. The van der Waals surface area contributed by atoms with Crippen molar-refractivity contribution in [1.29, 1.82) is 0 Å². The molecule has 1 saturated heterocycles. The van der Waals surface area contributed by atoms with Crippen LogP contribution in [0.5, 0.6) is 0 Å². The van der Waals surface area contributed by atoms with Crippen LogP contribution in [0, 0.1) is 0 Å². The first-order valence-electron chi connectivity index (χ1n) is 8.30. The number of hydrogen-bond donors (Lipinski definition) is 1. The van der Waals surface area contributed by atoms with Gasteiger partial charge in [-0.2, -0.15) is 0 Å². The molecule has 126 valence electrons. The lowest BCUT2D eigenvalue weighted by Gasteiger charge is -2.31. The van der Waals surface area contributed by atoms with Crippen LogP contribution in [0.1, 0.15) is 24.5 Å². The number of carbonyl (C=O) groups is 1. The highest BCUT2D eigenvalue weighted by Gasteiger charge is 2.45. The second-order valence-electron chi connectivity index (χ2n) is 6.55. The van der Waals surface area contributed by atoms with E-state index in [2.05, 4.69) is 0 Å². The standard InChI is InChI=1S/C20H23NO3/c1-20(23)12-13-21(18(20)14-16-8-4-2-5-9-16)19(22)24-15-17-10-6-3-7-11-17/h2-11,18,23H,12-15H2,1H3/t18-,20-/m0/s1. The quantitative estimate of drug-likeness (QED) is 0.937. The Hall–Kier alpha value is -2.33. The Morgan fingerprint density at radius 2 is 1.71 bits per heavy atom. The fourth-order valence-electron chi connectivity index (χ4n) is 3.19. The Labute approximate surface area is 142 Å². The molecule has 2 aromatic carbocycles. The smallest absolute Gasteiger partial charge is 0.410 e. The second kappa shape index (κ2) is 7.05. The highest BCUT2D eigenvalue weighted by atomic mass is 16.6. The molecule has 0 bridgehead atoms. The van der Waals surface area contributed by atoms with Gasteiger partial charge in [-0.1, -0.05) is 60.7 Å². The maximum Gasteiger partial charge on any atom is 0.410 e. The van der Waals surface area contributed by atoms with Gasteiger partial charge in [0.25, 0.3) is 0 Å². The summed E-state index contributed by atoms with van der Waals surface area (Å²) in [5, 5.41) is 10.7. The van der Waals surface area contributed by atoms with Crippen LogP contribution < -0.4 is 0 Å². The van der Waals surface area contributed by atoms with E-state index in [1.54, 1.807) is 11.8 Å². The molecule has 1 aliphatic heterocycles. The SMILES string of the molecule is C[C@]1(O)CCN(C(=O)OCc2ccccc2)[C@H]1Cc1ccccc1. The fourth-order valence-corrected chi connectivity index (χ4v) is 3.19. The van der Waals surface area contributed by atoms with Crippen LogP contribution in [0.25, 0.3) is 0 Å². The van der Waals surface area contributed by atoms with Crippen molar-refractivity contribution in [2.75, 3.05) is 6.54 Å². The lowest BCUT2D eigenvalue weighted by Crippen LogP contribution is -2.46. The van der Waals surface area contributed by atoms with E-state index in [0.29, 0.717) is 19.4 Å². The van der Waals surface area contributed by atoms with Crippen LogP contribution in [0.15, 0.2) is 60.7 Å². The zero-order chi connectivity index (χ0) is 17.0. The maximum atomic E-state index is 12.5. The van der Waals surface area contributed by atoms with Crippen LogP contribution >= 0.6 is 0 Å². The van der Waals surface area contributed by atoms with Crippen LogP contribution in [0.3, 0.4) is 0 Å². The molecule has 2 atom stereocenters. The van der Waals surface area contributed by atoms with Crippen molar-refractivity contribution in [2.45, 2.75) is 38.0 Å². The van der Waals surface area contributed by atoms with Gasteiger partial charge in [-0.3, -0.25) is 0 Å². The summed E-state index contributed by atoms with van der Waals surface area (Å²) in [6, 6.07) is 19.3. The van der Waals surface area contributed by atoms with Crippen molar-refractivity contribution >= 4 is 6.09 Å². The first-order chi connectivity index (χ1) is 11.6. The largest absolute Gasteiger partial charge is 0.445 e. The fraction of sp³-hybridized carbons (Fsp3) is 0.350. The summed E-state index contributed by atoms with van der Waals surface area (Å²) in [6.07, 6.45) is 0.816. The zero-order valence-corrected chi connectivity index (χ0v) is 13.9. The Morgan fingerprint density at radius 1 is 1.12 bits per heavy atom. The third-order valence-electron chi connectivity index (χ3n) is 4.66. The number of carbonyl (C=O) groups excluding carboxylic acids is 1. The molecule has 0 saturated carbocycles. The monoisotopic (exact) mass is 325 g/mol. The lowest BCUT2D eigenvalue weighted by atomic mass is 9.91. The third-order valence-corrected chi connectivity index (χ3v) is 4.66. The molecule has 2 aromatic rings. The average Bonchev–Trinajstić information content (AvgIpc) is 2.89. The predicted octanol–water partition coefficient (Wildman–Crippen LogP) is 3.39. The third kappa shape index (κ3) is 3.77. The van der Waals surface area contributed by atoms with E-state index < -0.39 is 5.60 Å². The zero-order valence-electron chi connectivity index (χ0n) is 13.9. The molecular formula is C20H23NO3. The van der Waals surface area contributed by atoms with E-state index in [1.165, 1.54) is 0 Å². The number of likely N-dealkylation sites (tertiary alicyclic amines) is 1. The van der Waals surface area contributed by atoms with Crippen LogP contribution in [0.4, 0.5) is 4.79 Å². The highest BCUT2D eigenvalue weighted by molar-refractivity contribution is 5.69. The van der Waals surface area contributed by atoms with Crippen molar-refractivity contribution in [2.24, 2.45) is 0 Å². The van der Waals surface area contributed by atoms with Gasteiger partial charge in [0.2, 0.25) is 0 Å². The van der Waals surface area contributed by atoms with Gasteiger partial charge >= 0.3 is 6.09 Å². The molecule has 1 aliphatic rings. The van der Waals surface area contributed by atoms with E-state index in [9.17, 15) is 9.90 Å². The summed E-state index contributed by atoms with van der Waals surface area (Å²) >= 11 is 0. The first kappa shape index (κ1) is 16.5. The Morgan fingerprint density at radius 3 is 2.33 bits per heavy atom. The maximum absolute atomic E-state index is 12.5. The van der Waals surface area contributed by atoms with E-state index in [0.717, 1.165) is 11.1 Å². The van der Waals surface area contributed by atoms with Crippen molar-refractivity contribution in [3.05, 3.63) is 71.8 Å². The molecule has 1 N–H and O–H groups in total. The molecule has 1 fully saturated rings. The predicted molar refractivity (Wildman–Crippen MR) is 92.5 cm³/mol. The minimum Gasteiger partial charge on any atom is -0.445 e. The van der Waals surface area contributed by atoms with Gasteiger partial charge in [0.05, 0.1) is 11.6 Å². The van der Waals surface area contributed by atoms with Crippen LogP contribution in [-0.4, -0.2) is 34.3 Å². The molecular weight excluding hydrogens is 302 g/mol. The summed E-state index contributed by atoms with van der Waals surface area (Å²) in [5.41, 5.74) is 1.16. The average molecular weight is 325 g/mol. The Bertz CT molecular complexity index is 670. The van der Waals surface area contributed by atoms with Gasteiger partial charge in [-0.05, 0) is 30.9 Å². The lowest BCUT2D eigenvalue weighted by molar-refractivity contribution is 0.0154. The highest BCUT2D eigenvalue weighted by Crippen LogP contribution is 2.31. The Balaban J connectivity index is 1.67. The summed E-state index contributed by atoms with van der Waals surface area (Å²) in [5.74, 6) is 0. The first-order valence-corrected chi connectivity index (χ1v) is 8.30. The number of hydrogen-bond acceptors (Lipinski definition) is 3. The van der Waals surface area contributed by atoms with E-state index in [1.807, 2.05) is 60.7 Å². The van der Waals surface area contributed by atoms with Gasteiger partial charge in [-0.15, -0.1) is 0 Å². The molecule has 24 heavy (non-hydrogen) atoms. The van der Waals surface area contributed by atoms with Crippen molar-refractivity contribution < 1.29 is 14.6 Å². The molecule has 0 spiro atoms. The molecule has 1 heterocycles. The molecule has 3 rings (SSSR count). The molecule has 4 heteroatoms.